The van der Waals surface area contributed by atoms with Crippen molar-refractivity contribution in [3.05, 3.63) is 51.3 Å². The molecule has 0 unspecified atom stereocenters. The summed E-state index contributed by atoms with van der Waals surface area (Å²) >= 11 is 4.78. The summed E-state index contributed by atoms with van der Waals surface area (Å²) in [5.41, 5.74) is 3.34. The average Bonchev–Trinajstić information content (AvgIpc) is 3.16. The minimum absolute atomic E-state index is 0.337. The minimum atomic E-state index is -0.337. The van der Waals surface area contributed by atoms with Crippen LogP contribution in [-0.4, -0.2) is 32.2 Å². The SMILES string of the molecule is COc1cc(C(=O)Nc2nc(-c3ccc(C)cc3)cs2)c(Br)c(OC)c1OC. The van der Waals surface area contributed by atoms with Gasteiger partial charge < -0.3 is 14.2 Å². The fourth-order valence-corrected chi connectivity index (χ4v) is 3.99. The molecule has 0 radical (unpaired) electrons. The lowest BCUT2D eigenvalue weighted by atomic mass is 10.1. The standard InChI is InChI=1S/C20H19BrN2O4S/c1-11-5-7-12(8-6-11)14-10-28-20(22-14)23-19(24)13-9-15(25-2)17(26-3)18(27-4)16(13)21/h5-10H,1-4H3,(H,22,23,24). The van der Waals surface area contributed by atoms with Crippen LogP contribution in [0.5, 0.6) is 17.2 Å². The molecule has 0 saturated carbocycles. The number of hydrogen-bond acceptors (Lipinski definition) is 6. The van der Waals surface area contributed by atoms with Crippen LogP contribution in [0.4, 0.5) is 5.13 Å². The molecule has 0 saturated heterocycles. The first-order valence-electron chi connectivity index (χ1n) is 8.30. The van der Waals surface area contributed by atoms with E-state index in [-0.39, 0.29) is 5.91 Å². The van der Waals surface area contributed by atoms with E-state index in [1.165, 1.54) is 38.2 Å². The van der Waals surface area contributed by atoms with Crippen LogP contribution < -0.4 is 19.5 Å². The number of benzene rings is 2. The number of aromatic nitrogens is 1. The van der Waals surface area contributed by atoms with E-state index in [2.05, 4.69) is 26.2 Å². The number of rotatable bonds is 6. The first kappa shape index (κ1) is 20.2. The summed E-state index contributed by atoms with van der Waals surface area (Å²) in [7, 11) is 4.51. The van der Waals surface area contributed by atoms with Crippen molar-refractivity contribution in [1.29, 1.82) is 0 Å². The zero-order chi connectivity index (χ0) is 20.3. The predicted molar refractivity (Wildman–Crippen MR) is 114 cm³/mol. The van der Waals surface area contributed by atoms with Crippen molar-refractivity contribution in [2.24, 2.45) is 0 Å². The van der Waals surface area contributed by atoms with Gasteiger partial charge in [-0.2, -0.15) is 0 Å². The van der Waals surface area contributed by atoms with Crippen molar-refractivity contribution < 1.29 is 19.0 Å². The molecule has 0 aliphatic heterocycles. The third-order valence-corrected chi connectivity index (χ3v) is 5.63. The molecule has 28 heavy (non-hydrogen) atoms. The number of nitrogens with one attached hydrogen (secondary N) is 1. The quantitative estimate of drug-likeness (QED) is 0.547. The van der Waals surface area contributed by atoms with Crippen LogP contribution in [0.25, 0.3) is 11.3 Å². The van der Waals surface area contributed by atoms with Gasteiger partial charge in [0.2, 0.25) is 5.75 Å². The summed E-state index contributed by atoms with van der Waals surface area (Å²) in [6.07, 6.45) is 0. The lowest BCUT2D eigenvalue weighted by Gasteiger charge is -2.16. The third-order valence-electron chi connectivity index (χ3n) is 4.09. The Balaban J connectivity index is 1.88. The second-order valence-corrected chi connectivity index (χ2v) is 7.52. The van der Waals surface area contributed by atoms with E-state index in [0.29, 0.717) is 32.4 Å². The second-order valence-electron chi connectivity index (χ2n) is 5.86. The highest BCUT2D eigenvalue weighted by atomic mass is 79.9. The van der Waals surface area contributed by atoms with Crippen LogP contribution >= 0.6 is 27.3 Å². The first-order chi connectivity index (χ1) is 13.5. The number of halogens is 1. The molecule has 3 rings (SSSR count). The summed E-state index contributed by atoms with van der Waals surface area (Å²) in [5, 5.41) is 5.24. The molecule has 0 aliphatic rings. The molecule has 146 valence electrons. The van der Waals surface area contributed by atoms with Crippen molar-refractivity contribution in [3.8, 4) is 28.5 Å². The molecule has 1 amide bonds. The molecule has 0 spiro atoms. The number of carbonyl (C=O) groups excluding carboxylic acids is 1. The van der Waals surface area contributed by atoms with Gasteiger partial charge in [0, 0.05) is 10.9 Å². The maximum Gasteiger partial charge on any atom is 0.258 e. The Kier molecular flexibility index (Phi) is 6.21. The molecule has 1 N–H and O–H groups in total. The van der Waals surface area contributed by atoms with Gasteiger partial charge in [0.1, 0.15) is 0 Å². The van der Waals surface area contributed by atoms with E-state index < -0.39 is 0 Å². The van der Waals surface area contributed by atoms with E-state index >= 15 is 0 Å². The topological polar surface area (TPSA) is 69.7 Å². The number of carbonyl (C=O) groups is 1. The normalized spacial score (nSPS) is 10.5. The summed E-state index contributed by atoms with van der Waals surface area (Å²) in [6, 6.07) is 9.66. The minimum Gasteiger partial charge on any atom is -0.493 e. The Morgan fingerprint density at radius 3 is 2.36 bits per heavy atom. The molecule has 0 atom stereocenters. The summed E-state index contributed by atoms with van der Waals surface area (Å²) in [4.78, 5) is 17.3. The molecular weight excluding hydrogens is 444 g/mol. The van der Waals surface area contributed by atoms with Gasteiger partial charge in [-0.3, -0.25) is 10.1 Å². The largest absolute Gasteiger partial charge is 0.493 e. The number of hydrogen-bond donors (Lipinski definition) is 1. The monoisotopic (exact) mass is 462 g/mol. The third kappa shape index (κ3) is 3.98. The number of amides is 1. The van der Waals surface area contributed by atoms with Crippen molar-refractivity contribution in [2.45, 2.75) is 6.92 Å². The molecular formula is C20H19BrN2O4S. The van der Waals surface area contributed by atoms with Crippen LogP contribution in [0.15, 0.2) is 40.2 Å². The molecule has 1 aromatic heterocycles. The fourth-order valence-electron chi connectivity index (χ4n) is 2.64. The van der Waals surface area contributed by atoms with Crippen molar-refractivity contribution in [1.82, 2.24) is 4.98 Å². The van der Waals surface area contributed by atoms with Crippen LogP contribution in [-0.2, 0) is 0 Å². The molecule has 0 aliphatic carbocycles. The Morgan fingerprint density at radius 2 is 1.75 bits per heavy atom. The Bertz CT molecular complexity index is 1000. The maximum absolute atomic E-state index is 12.8. The molecule has 8 heteroatoms. The highest BCUT2D eigenvalue weighted by Crippen LogP contribution is 2.45. The molecule has 2 aromatic carbocycles. The van der Waals surface area contributed by atoms with E-state index in [9.17, 15) is 4.79 Å². The summed E-state index contributed by atoms with van der Waals surface area (Å²) < 4.78 is 16.5. The molecule has 3 aromatic rings. The maximum atomic E-state index is 12.8. The van der Waals surface area contributed by atoms with Crippen LogP contribution in [0.3, 0.4) is 0 Å². The van der Waals surface area contributed by atoms with Gasteiger partial charge in [0.25, 0.3) is 5.91 Å². The van der Waals surface area contributed by atoms with Gasteiger partial charge in [-0.15, -0.1) is 11.3 Å². The highest BCUT2D eigenvalue weighted by Gasteiger charge is 2.23. The number of anilines is 1. The number of ether oxygens (including phenoxy) is 3. The van der Waals surface area contributed by atoms with Gasteiger partial charge in [-0.25, -0.2) is 4.98 Å². The van der Waals surface area contributed by atoms with Crippen LogP contribution in [0.1, 0.15) is 15.9 Å². The lowest BCUT2D eigenvalue weighted by molar-refractivity contribution is 0.102. The second kappa shape index (κ2) is 8.62. The van der Waals surface area contributed by atoms with E-state index in [0.717, 1.165) is 11.3 Å². The first-order valence-corrected chi connectivity index (χ1v) is 9.98. The van der Waals surface area contributed by atoms with Gasteiger partial charge in [0.05, 0.1) is 37.1 Å². The highest BCUT2D eigenvalue weighted by molar-refractivity contribution is 9.10. The van der Waals surface area contributed by atoms with Gasteiger partial charge in [-0.1, -0.05) is 29.8 Å². The lowest BCUT2D eigenvalue weighted by Crippen LogP contribution is -2.13. The van der Waals surface area contributed by atoms with Gasteiger partial charge in [-0.05, 0) is 28.9 Å². The average molecular weight is 463 g/mol. The van der Waals surface area contributed by atoms with Crippen LogP contribution in [0, 0.1) is 6.92 Å². The Hall–Kier alpha value is -2.58. The van der Waals surface area contributed by atoms with E-state index in [1.54, 1.807) is 6.07 Å². The molecule has 0 bridgehead atoms. The number of thiazole rings is 1. The fraction of sp³-hybridized carbons (Fsp3) is 0.200. The molecule has 6 nitrogen and oxygen atoms in total. The van der Waals surface area contributed by atoms with E-state index in [4.69, 9.17) is 14.2 Å². The zero-order valence-corrected chi connectivity index (χ0v) is 18.2. The molecule has 1 heterocycles. The summed E-state index contributed by atoms with van der Waals surface area (Å²) in [5.74, 6) is 0.846. The summed E-state index contributed by atoms with van der Waals surface area (Å²) in [6.45, 7) is 2.03. The zero-order valence-electron chi connectivity index (χ0n) is 15.8. The Morgan fingerprint density at radius 1 is 1.07 bits per heavy atom. The van der Waals surface area contributed by atoms with Crippen molar-refractivity contribution in [3.63, 3.8) is 0 Å². The smallest absolute Gasteiger partial charge is 0.258 e. The predicted octanol–water partition coefficient (Wildman–Crippen LogP) is 5.16. The van der Waals surface area contributed by atoms with Gasteiger partial charge >= 0.3 is 0 Å². The van der Waals surface area contributed by atoms with E-state index in [1.807, 2.05) is 36.6 Å². The van der Waals surface area contributed by atoms with Crippen LogP contribution in [0.2, 0.25) is 0 Å². The van der Waals surface area contributed by atoms with Gasteiger partial charge in [0.15, 0.2) is 16.6 Å². The van der Waals surface area contributed by atoms with Crippen molar-refractivity contribution in [2.75, 3.05) is 26.6 Å². The van der Waals surface area contributed by atoms with Crippen molar-refractivity contribution >= 4 is 38.3 Å². The number of nitrogens with zero attached hydrogens (tertiary/aromatic N) is 1. The molecule has 0 fully saturated rings. The number of aryl methyl sites for hydroxylation is 1. The Labute approximate surface area is 175 Å². The number of methoxy groups -OCH3 is 3.